The van der Waals surface area contributed by atoms with Crippen LogP contribution in [0.5, 0.6) is 5.75 Å². The molecule has 19 heavy (non-hydrogen) atoms. The first kappa shape index (κ1) is 15.5. The summed E-state index contributed by atoms with van der Waals surface area (Å²) >= 11 is 0. The average Bonchev–Trinajstić information content (AvgIpc) is 2.40. The van der Waals surface area contributed by atoms with Gasteiger partial charge < -0.3 is 24.8 Å². The molecule has 0 aliphatic heterocycles. The van der Waals surface area contributed by atoms with E-state index in [1.54, 1.807) is 20.3 Å². The van der Waals surface area contributed by atoms with E-state index in [9.17, 15) is 4.39 Å². The molecule has 5 nitrogen and oxygen atoms in total. The second-order valence-corrected chi connectivity index (χ2v) is 4.02. The van der Waals surface area contributed by atoms with Crippen molar-refractivity contribution in [1.29, 1.82) is 0 Å². The van der Waals surface area contributed by atoms with E-state index in [-0.39, 0.29) is 5.75 Å². The van der Waals surface area contributed by atoms with Crippen LogP contribution in [0.4, 0.5) is 15.8 Å². The zero-order valence-electron chi connectivity index (χ0n) is 11.6. The molecule has 108 valence electrons. The monoisotopic (exact) mass is 272 g/mol. The molecule has 0 amide bonds. The number of hydrogen-bond donors (Lipinski definition) is 1. The molecule has 0 atom stereocenters. The molecule has 1 aromatic carbocycles. The van der Waals surface area contributed by atoms with Crippen molar-refractivity contribution < 1.29 is 18.6 Å². The maximum atomic E-state index is 13.5. The molecule has 2 N–H and O–H groups in total. The highest BCUT2D eigenvalue weighted by atomic mass is 19.1. The van der Waals surface area contributed by atoms with Crippen LogP contribution in [-0.2, 0) is 9.47 Å². The summed E-state index contributed by atoms with van der Waals surface area (Å²) in [5.74, 6) is -0.300. The van der Waals surface area contributed by atoms with Crippen LogP contribution >= 0.6 is 0 Å². The van der Waals surface area contributed by atoms with Gasteiger partial charge in [0.1, 0.15) is 0 Å². The second kappa shape index (κ2) is 7.81. The lowest BCUT2D eigenvalue weighted by molar-refractivity contribution is 0.190. The van der Waals surface area contributed by atoms with Gasteiger partial charge in [0.2, 0.25) is 0 Å². The zero-order chi connectivity index (χ0) is 14.3. The Balaban J connectivity index is 2.98. The van der Waals surface area contributed by atoms with Crippen LogP contribution in [0.1, 0.15) is 0 Å². The van der Waals surface area contributed by atoms with E-state index in [0.717, 1.165) is 0 Å². The van der Waals surface area contributed by atoms with E-state index in [0.29, 0.717) is 37.7 Å². The summed E-state index contributed by atoms with van der Waals surface area (Å²) in [5.41, 5.74) is 6.95. The fourth-order valence-corrected chi connectivity index (χ4v) is 1.74. The number of ether oxygens (including phenoxy) is 3. The third kappa shape index (κ3) is 4.25. The molecule has 0 aliphatic rings. The largest absolute Gasteiger partial charge is 0.494 e. The van der Waals surface area contributed by atoms with Crippen molar-refractivity contribution in [3.8, 4) is 5.75 Å². The Morgan fingerprint density at radius 3 is 2.16 bits per heavy atom. The maximum Gasteiger partial charge on any atom is 0.167 e. The first-order valence-electron chi connectivity index (χ1n) is 5.99. The van der Waals surface area contributed by atoms with Gasteiger partial charge in [-0.3, -0.25) is 0 Å². The predicted octanol–water partition coefficient (Wildman–Crippen LogP) is 1.52. The summed E-state index contributed by atoms with van der Waals surface area (Å²) in [5, 5.41) is 0. The Morgan fingerprint density at radius 2 is 1.68 bits per heavy atom. The van der Waals surface area contributed by atoms with Crippen molar-refractivity contribution >= 4 is 11.4 Å². The zero-order valence-corrected chi connectivity index (χ0v) is 11.6. The fraction of sp³-hybridized carbons (Fsp3) is 0.538. The van der Waals surface area contributed by atoms with E-state index in [1.807, 2.05) is 4.90 Å². The van der Waals surface area contributed by atoms with Crippen LogP contribution in [0.25, 0.3) is 0 Å². The minimum absolute atomic E-state index is 0.170. The lowest BCUT2D eigenvalue weighted by Gasteiger charge is -2.26. The highest BCUT2D eigenvalue weighted by Crippen LogP contribution is 2.30. The number of benzene rings is 1. The maximum absolute atomic E-state index is 13.5. The molecule has 0 spiro atoms. The highest BCUT2D eigenvalue weighted by molar-refractivity contribution is 5.70. The van der Waals surface area contributed by atoms with Crippen LogP contribution in [0.3, 0.4) is 0 Å². The van der Waals surface area contributed by atoms with E-state index in [1.165, 1.54) is 13.2 Å². The average molecular weight is 272 g/mol. The highest BCUT2D eigenvalue weighted by Gasteiger charge is 2.14. The number of hydrogen-bond acceptors (Lipinski definition) is 5. The predicted molar refractivity (Wildman–Crippen MR) is 73.3 cm³/mol. The van der Waals surface area contributed by atoms with E-state index in [4.69, 9.17) is 19.9 Å². The molecule has 0 saturated heterocycles. The number of nitrogens with zero attached hydrogens (tertiary/aromatic N) is 1. The Bertz CT molecular complexity index is 394. The SMILES string of the molecule is COCCN(CCOC)c1cc(OC)c(F)cc1N. The Kier molecular flexibility index (Phi) is 6.38. The van der Waals surface area contributed by atoms with Crippen molar-refractivity contribution in [2.45, 2.75) is 0 Å². The third-order valence-corrected chi connectivity index (χ3v) is 2.77. The van der Waals surface area contributed by atoms with Gasteiger partial charge >= 0.3 is 0 Å². The lowest BCUT2D eigenvalue weighted by Crippen LogP contribution is -2.31. The number of halogens is 1. The number of rotatable bonds is 8. The topological polar surface area (TPSA) is 57.0 Å². The van der Waals surface area contributed by atoms with E-state index < -0.39 is 5.82 Å². The van der Waals surface area contributed by atoms with Crippen LogP contribution in [0, 0.1) is 5.82 Å². The molecular formula is C13H21FN2O3. The van der Waals surface area contributed by atoms with E-state index >= 15 is 0 Å². The normalized spacial score (nSPS) is 10.5. The molecule has 0 unspecified atom stereocenters. The van der Waals surface area contributed by atoms with Gasteiger partial charge in [0, 0.05) is 39.4 Å². The number of methoxy groups -OCH3 is 3. The van der Waals surface area contributed by atoms with Gasteiger partial charge in [-0.05, 0) is 0 Å². The molecule has 1 rings (SSSR count). The number of nitrogens with two attached hydrogens (primary N) is 1. The van der Waals surface area contributed by atoms with E-state index in [2.05, 4.69) is 0 Å². The molecule has 0 bridgehead atoms. The summed E-state index contributed by atoms with van der Waals surface area (Å²) in [4.78, 5) is 1.98. The summed E-state index contributed by atoms with van der Waals surface area (Å²) in [6.07, 6.45) is 0. The molecular weight excluding hydrogens is 251 g/mol. The molecule has 0 saturated carbocycles. The van der Waals surface area contributed by atoms with Gasteiger partial charge in [0.15, 0.2) is 11.6 Å². The number of nitrogen functional groups attached to an aromatic ring is 1. The first-order chi connectivity index (χ1) is 9.13. The Morgan fingerprint density at radius 1 is 1.11 bits per heavy atom. The van der Waals surface area contributed by atoms with Crippen molar-refractivity contribution in [3.05, 3.63) is 17.9 Å². The Hall–Kier alpha value is -1.53. The fourth-order valence-electron chi connectivity index (χ4n) is 1.74. The molecule has 0 radical (unpaired) electrons. The van der Waals surface area contributed by atoms with Gasteiger partial charge in [0.05, 0.1) is 31.7 Å². The standard InChI is InChI=1S/C13H21FN2O3/c1-17-6-4-16(5-7-18-2)12-9-13(19-3)10(14)8-11(12)15/h8-9H,4-7,15H2,1-3H3. The van der Waals surface area contributed by atoms with Crippen molar-refractivity contribution in [1.82, 2.24) is 0 Å². The first-order valence-corrected chi connectivity index (χ1v) is 5.99. The smallest absolute Gasteiger partial charge is 0.167 e. The van der Waals surface area contributed by atoms with Crippen LogP contribution < -0.4 is 15.4 Å². The molecule has 0 aromatic heterocycles. The van der Waals surface area contributed by atoms with Gasteiger partial charge in [-0.1, -0.05) is 0 Å². The van der Waals surface area contributed by atoms with Crippen LogP contribution in [0.15, 0.2) is 12.1 Å². The summed E-state index contributed by atoms with van der Waals surface area (Å²) in [6.45, 7) is 2.36. The quantitative estimate of drug-likeness (QED) is 0.727. The molecule has 0 fully saturated rings. The molecule has 0 aliphatic carbocycles. The lowest BCUT2D eigenvalue weighted by atomic mass is 10.2. The molecule has 0 heterocycles. The minimum Gasteiger partial charge on any atom is -0.494 e. The van der Waals surface area contributed by atoms with Crippen molar-refractivity contribution in [2.75, 3.05) is 58.3 Å². The van der Waals surface area contributed by atoms with Crippen LogP contribution in [0.2, 0.25) is 0 Å². The van der Waals surface area contributed by atoms with Gasteiger partial charge in [-0.2, -0.15) is 0 Å². The summed E-state index contributed by atoms with van der Waals surface area (Å²) in [6, 6.07) is 2.86. The minimum atomic E-state index is -0.470. The van der Waals surface area contributed by atoms with Crippen LogP contribution in [-0.4, -0.2) is 47.6 Å². The summed E-state index contributed by atoms with van der Waals surface area (Å²) < 4.78 is 28.6. The Labute approximate surface area is 113 Å². The van der Waals surface area contributed by atoms with Gasteiger partial charge in [0.25, 0.3) is 0 Å². The van der Waals surface area contributed by atoms with Crippen molar-refractivity contribution in [2.24, 2.45) is 0 Å². The van der Waals surface area contributed by atoms with Gasteiger partial charge in [-0.15, -0.1) is 0 Å². The van der Waals surface area contributed by atoms with Crippen molar-refractivity contribution in [3.63, 3.8) is 0 Å². The second-order valence-electron chi connectivity index (χ2n) is 4.02. The summed E-state index contributed by atoms with van der Waals surface area (Å²) in [7, 11) is 4.68. The number of anilines is 2. The molecule has 1 aromatic rings. The molecule has 6 heteroatoms. The third-order valence-electron chi connectivity index (χ3n) is 2.77. The van der Waals surface area contributed by atoms with Gasteiger partial charge in [-0.25, -0.2) is 4.39 Å².